The van der Waals surface area contributed by atoms with Gasteiger partial charge in [0.15, 0.2) is 0 Å². The van der Waals surface area contributed by atoms with Crippen LogP contribution in [0.2, 0.25) is 0 Å². The first kappa shape index (κ1) is 13.0. The van der Waals surface area contributed by atoms with Crippen LogP contribution in [0.15, 0.2) is 0 Å². The Balaban J connectivity index is 0.000000606. The maximum Gasteiger partial charge on any atom is 0.242 e. The minimum atomic E-state index is -0.272. The second kappa shape index (κ2) is 5.30. The molecule has 0 aromatic rings. The minimum absolute atomic E-state index is 0.00157. The van der Waals surface area contributed by atoms with Gasteiger partial charge in [-0.3, -0.25) is 15.0 Å². The van der Waals surface area contributed by atoms with Crippen LogP contribution < -0.4 is 5.43 Å². The molecule has 2 aliphatic heterocycles. The molecule has 5 nitrogen and oxygen atoms in total. The maximum absolute atomic E-state index is 11.8. The van der Waals surface area contributed by atoms with Crippen LogP contribution in [0.5, 0.6) is 0 Å². The van der Waals surface area contributed by atoms with Crippen molar-refractivity contribution >= 4 is 11.8 Å². The van der Waals surface area contributed by atoms with Crippen molar-refractivity contribution in [2.45, 2.75) is 33.2 Å². The van der Waals surface area contributed by atoms with E-state index in [-0.39, 0.29) is 23.8 Å². The molecular weight excluding hydrogens is 206 g/mol. The van der Waals surface area contributed by atoms with Gasteiger partial charge in [0, 0.05) is 20.1 Å². The number of hydrogen-bond acceptors (Lipinski definition) is 3. The molecule has 92 valence electrons. The molecule has 2 saturated heterocycles. The summed E-state index contributed by atoms with van der Waals surface area (Å²) in [5.74, 6) is -0.0848. The number of hydrazine groups is 1. The highest BCUT2D eigenvalue weighted by Gasteiger charge is 2.47. The number of hydrogen-bond donors (Lipinski definition) is 1. The third-order valence-corrected chi connectivity index (χ3v) is 3.05. The number of likely N-dealkylation sites (N-methyl/N-ethyl adjacent to an activating group) is 2. The lowest BCUT2D eigenvalue weighted by atomic mass is 9.92. The molecule has 0 spiro atoms. The van der Waals surface area contributed by atoms with E-state index in [0.717, 1.165) is 6.42 Å². The third-order valence-electron chi connectivity index (χ3n) is 3.05. The van der Waals surface area contributed by atoms with E-state index < -0.39 is 0 Å². The van der Waals surface area contributed by atoms with Crippen molar-refractivity contribution in [3.05, 3.63) is 0 Å². The van der Waals surface area contributed by atoms with Crippen LogP contribution in [0.25, 0.3) is 0 Å². The first-order valence-corrected chi connectivity index (χ1v) is 5.97. The monoisotopic (exact) mass is 227 g/mol. The molecule has 2 amide bonds. The normalized spacial score (nSPS) is 29.4. The number of carbonyl (C=O) groups excluding carboxylic acids is 2. The topological polar surface area (TPSA) is 52.7 Å². The summed E-state index contributed by atoms with van der Waals surface area (Å²) in [4.78, 5) is 25.0. The molecule has 0 aromatic carbocycles. The summed E-state index contributed by atoms with van der Waals surface area (Å²) >= 11 is 0. The summed E-state index contributed by atoms with van der Waals surface area (Å²) in [6.45, 7) is 7.29. The quantitative estimate of drug-likeness (QED) is 0.697. The number of fused-ring (bicyclic) bond motifs is 1. The van der Waals surface area contributed by atoms with Crippen molar-refractivity contribution in [2.75, 3.05) is 20.1 Å². The van der Waals surface area contributed by atoms with Gasteiger partial charge in [-0.15, -0.1) is 0 Å². The van der Waals surface area contributed by atoms with Gasteiger partial charge in [0.05, 0.1) is 5.92 Å². The van der Waals surface area contributed by atoms with E-state index in [4.69, 9.17) is 0 Å². The second-order valence-corrected chi connectivity index (χ2v) is 3.86. The molecule has 2 heterocycles. The van der Waals surface area contributed by atoms with Crippen molar-refractivity contribution in [1.82, 2.24) is 15.3 Å². The van der Waals surface area contributed by atoms with Crippen molar-refractivity contribution in [2.24, 2.45) is 5.92 Å². The fraction of sp³-hybridized carbons (Fsp3) is 0.818. The summed E-state index contributed by atoms with van der Waals surface area (Å²) < 4.78 is 0. The van der Waals surface area contributed by atoms with E-state index >= 15 is 0 Å². The molecule has 5 heteroatoms. The molecule has 0 radical (unpaired) electrons. The van der Waals surface area contributed by atoms with Crippen molar-refractivity contribution in [3.63, 3.8) is 0 Å². The molecule has 0 aromatic heterocycles. The highest BCUT2D eigenvalue weighted by atomic mass is 16.2. The summed E-state index contributed by atoms with van der Waals surface area (Å²) in [5, 5.41) is 1.74. The van der Waals surface area contributed by atoms with Crippen molar-refractivity contribution < 1.29 is 9.59 Å². The Kier molecular flexibility index (Phi) is 4.29. The maximum atomic E-state index is 11.8. The average molecular weight is 227 g/mol. The second-order valence-electron chi connectivity index (χ2n) is 3.86. The molecule has 2 aliphatic rings. The summed E-state index contributed by atoms with van der Waals surface area (Å²) in [6.07, 6.45) is 0.773. The van der Waals surface area contributed by atoms with Gasteiger partial charge in [-0.25, -0.2) is 5.01 Å². The molecule has 2 rings (SSSR count). The molecule has 16 heavy (non-hydrogen) atoms. The van der Waals surface area contributed by atoms with Crippen LogP contribution in [-0.4, -0.2) is 47.9 Å². The zero-order chi connectivity index (χ0) is 12.3. The fourth-order valence-electron chi connectivity index (χ4n) is 2.19. The minimum Gasteiger partial charge on any atom is -0.344 e. The molecule has 0 bridgehead atoms. The number of piperidine rings is 1. The van der Waals surface area contributed by atoms with Crippen LogP contribution in [0.3, 0.4) is 0 Å². The van der Waals surface area contributed by atoms with Gasteiger partial charge >= 0.3 is 0 Å². The van der Waals surface area contributed by atoms with Gasteiger partial charge in [-0.1, -0.05) is 20.8 Å². The lowest BCUT2D eigenvalue weighted by Gasteiger charge is -2.33. The van der Waals surface area contributed by atoms with E-state index in [2.05, 4.69) is 5.43 Å². The lowest BCUT2D eigenvalue weighted by molar-refractivity contribution is -0.140. The highest BCUT2D eigenvalue weighted by molar-refractivity contribution is 5.93. The van der Waals surface area contributed by atoms with E-state index in [1.807, 2.05) is 20.8 Å². The van der Waals surface area contributed by atoms with Crippen LogP contribution in [0, 0.1) is 5.92 Å². The molecule has 0 aliphatic carbocycles. The Hall–Kier alpha value is -1.10. The van der Waals surface area contributed by atoms with Crippen LogP contribution >= 0.6 is 0 Å². The zero-order valence-corrected chi connectivity index (χ0v) is 10.5. The van der Waals surface area contributed by atoms with E-state index in [0.29, 0.717) is 13.1 Å². The van der Waals surface area contributed by atoms with Gasteiger partial charge < -0.3 is 4.90 Å². The van der Waals surface area contributed by atoms with Gasteiger partial charge in [-0.2, -0.15) is 0 Å². The highest BCUT2D eigenvalue weighted by Crippen LogP contribution is 2.26. The van der Waals surface area contributed by atoms with Crippen molar-refractivity contribution in [1.29, 1.82) is 0 Å². The molecule has 1 N–H and O–H groups in total. The Morgan fingerprint density at radius 1 is 1.38 bits per heavy atom. The molecule has 2 fully saturated rings. The molecule has 2 unspecified atom stereocenters. The number of nitrogens with zero attached hydrogens (tertiary/aromatic N) is 2. The average Bonchev–Trinajstić information content (AvgIpc) is 2.64. The van der Waals surface area contributed by atoms with Gasteiger partial charge in [0.1, 0.15) is 6.04 Å². The lowest BCUT2D eigenvalue weighted by Crippen LogP contribution is -2.52. The fourth-order valence-corrected chi connectivity index (χ4v) is 2.19. The first-order valence-electron chi connectivity index (χ1n) is 5.97. The van der Waals surface area contributed by atoms with Crippen molar-refractivity contribution in [3.8, 4) is 0 Å². The Bertz CT molecular complexity index is 280. The summed E-state index contributed by atoms with van der Waals surface area (Å²) in [7, 11) is 1.79. The van der Waals surface area contributed by atoms with Crippen LogP contribution in [-0.2, 0) is 9.59 Å². The van der Waals surface area contributed by atoms with E-state index in [1.165, 1.54) is 0 Å². The number of likely N-dealkylation sites (tertiary alicyclic amines) is 1. The SMILES string of the molecule is CC.CCN1NC(=O)C2CCN(C)C(=O)C21. The number of carbonyl (C=O) groups is 2. The Morgan fingerprint density at radius 2 is 2.00 bits per heavy atom. The van der Waals surface area contributed by atoms with Gasteiger partial charge in [0.25, 0.3) is 0 Å². The number of nitrogens with one attached hydrogen (secondary N) is 1. The number of amides is 2. The van der Waals surface area contributed by atoms with Crippen LogP contribution in [0.1, 0.15) is 27.2 Å². The largest absolute Gasteiger partial charge is 0.344 e. The smallest absolute Gasteiger partial charge is 0.242 e. The van der Waals surface area contributed by atoms with Gasteiger partial charge in [0.2, 0.25) is 11.8 Å². The molecular formula is C11H21N3O2. The third kappa shape index (κ3) is 2.04. The Morgan fingerprint density at radius 3 is 2.56 bits per heavy atom. The van der Waals surface area contributed by atoms with Gasteiger partial charge in [-0.05, 0) is 6.42 Å². The molecule has 2 atom stereocenters. The summed E-state index contributed by atoms with van der Waals surface area (Å²) in [6, 6.07) is -0.272. The molecule has 0 saturated carbocycles. The predicted molar refractivity (Wildman–Crippen MR) is 61.4 cm³/mol. The van der Waals surface area contributed by atoms with E-state index in [1.54, 1.807) is 17.0 Å². The predicted octanol–water partition coefficient (Wildman–Crippen LogP) is 0.226. The number of rotatable bonds is 1. The first-order chi connectivity index (χ1) is 7.65. The van der Waals surface area contributed by atoms with Crippen LogP contribution in [0.4, 0.5) is 0 Å². The van der Waals surface area contributed by atoms with E-state index in [9.17, 15) is 9.59 Å². The summed E-state index contributed by atoms with van der Waals surface area (Å²) in [5.41, 5.74) is 2.74. The zero-order valence-electron chi connectivity index (χ0n) is 10.5. The Labute approximate surface area is 96.7 Å². The standard InChI is InChI=1S/C9H15N3O2.C2H6/c1-3-12-7-6(8(13)10-12)4-5-11(2)9(7)14;1-2/h6-7H,3-5H2,1-2H3,(H,10,13);1-2H3.